The summed E-state index contributed by atoms with van der Waals surface area (Å²) in [4.78, 5) is 0. The van der Waals surface area contributed by atoms with Crippen molar-refractivity contribution in [2.45, 2.75) is 32.7 Å². The maximum atomic E-state index is 2.38. The Hall–Kier alpha value is -1.08. The first kappa shape index (κ1) is 11.4. The first-order valence-corrected chi connectivity index (χ1v) is 7.62. The molecule has 0 N–H and O–H groups in total. The Morgan fingerprint density at radius 2 is 2.06 bits per heavy atom. The standard InChI is InChI=1S/C15H20Si/c1-11-7-6-10-15(12(11)2)16-13(3)14-8-4-5-9-14/h4,6-10,13H,5,16H2,1-3H3. The molecule has 1 aliphatic rings. The summed E-state index contributed by atoms with van der Waals surface area (Å²) in [6.45, 7) is 6.87. The Labute approximate surface area is 101 Å². The molecule has 1 unspecified atom stereocenters. The lowest BCUT2D eigenvalue weighted by Gasteiger charge is -2.14. The van der Waals surface area contributed by atoms with E-state index < -0.39 is 0 Å². The molecule has 0 nitrogen and oxygen atoms in total. The zero-order valence-electron chi connectivity index (χ0n) is 10.5. The molecule has 1 heteroatoms. The maximum Gasteiger partial charge on any atom is 0.0624 e. The summed E-state index contributed by atoms with van der Waals surface area (Å²) in [6.07, 6.45) is 8.09. The van der Waals surface area contributed by atoms with E-state index in [1.165, 1.54) is 11.1 Å². The van der Waals surface area contributed by atoms with E-state index in [0.717, 1.165) is 12.0 Å². The molecule has 2 rings (SSSR count). The summed E-state index contributed by atoms with van der Waals surface area (Å²) < 4.78 is 0. The van der Waals surface area contributed by atoms with E-state index in [1.54, 1.807) is 10.8 Å². The minimum atomic E-state index is -0.186. The van der Waals surface area contributed by atoms with Crippen LogP contribution in [-0.4, -0.2) is 9.52 Å². The van der Waals surface area contributed by atoms with Crippen molar-refractivity contribution in [3.05, 3.63) is 53.1 Å². The van der Waals surface area contributed by atoms with E-state index in [9.17, 15) is 0 Å². The second-order valence-electron chi connectivity index (χ2n) is 4.81. The van der Waals surface area contributed by atoms with E-state index in [0.29, 0.717) is 0 Å². The third kappa shape index (κ3) is 2.35. The molecule has 1 aliphatic carbocycles. The van der Waals surface area contributed by atoms with E-state index >= 15 is 0 Å². The fraction of sp³-hybridized carbons (Fsp3) is 0.333. The van der Waals surface area contributed by atoms with E-state index in [2.05, 4.69) is 57.2 Å². The van der Waals surface area contributed by atoms with Crippen LogP contribution in [-0.2, 0) is 0 Å². The smallest absolute Gasteiger partial charge is 0.0624 e. The lowest BCUT2D eigenvalue weighted by molar-refractivity contribution is 1.13. The van der Waals surface area contributed by atoms with Gasteiger partial charge in [0.05, 0.1) is 9.52 Å². The van der Waals surface area contributed by atoms with Crippen LogP contribution < -0.4 is 5.19 Å². The van der Waals surface area contributed by atoms with Gasteiger partial charge in [-0.3, -0.25) is 0 Å². The second-order valence-corrected chi connectivity index (χ2v) is 7.20. The zero-order chi connectivity index (χ0) is 11.5. The molecule has 0 radical (unpaired) electrons. The van der Waals surface area contributed by atoms with Crippen molar-refractivity contribution < 1.29 is 0 Å². The maximum absolute atomic E-state index is 2.38. The van der Waals surface area contributed by atoms with Gasteiger partial charge in [0, 0.05) is 0 Å². The molecule has 0 fully saturated rings. The van der Waals surface area contributed by atoms with Gasteiger partial charge in [-0.25, -0.2) is 0 Å². The molecule has 0 aliphatic heterocycles. The van der Waals surface area contributed by atoms with Gasteiger partial charge in [0.1, 0.15) is 0 Å². The van der Waals surface area contributed by atoms with Gasteiger partial charge in [0.15, 0.2) is 0 Å². The average Bonchev–Trinajstić information content (AvgIpc) is 2.78. The molecule has 1 aromatic rings. The van der Waals surface area contributed by atoms with Gasteiger partial charge in [-0.05, 0) is 36.9 Å². The molecule has 0 saturated carbocycles. The molecular weight excluding hydrogens is 208 g/mol. The van der Waals surface area contributed by atoms with Crippen LogP contribution in [0.15, 0.2) is 42.0 Å². The SMILES string of the molecule is Cc1cccc([SiH2]C(C)C2=CCC=C2)c1C. The van der Waals surface area contributed by atoms with Crippen LogP contribution in [0.25, 0.3) is 0 Å². The highest BCUT2D eigenvalue weighted by Gasteiger charge is 2.11. The van der Waals surface area contributed by atoms with Gasteiger partial charge < -0.3 is 0 Å². The van der Waals surface area contributed by atoms with Crippen LogP contribution in [0.5, 0.6) is 0 Å². The van der Waals surface area contributed by atoms with Gasteiger partial charge in [-0.15, -0.1) is 0 Å². The lowest BCUT2D eigenvalue weighted by atomic mass is 10.1. The molecule has 0 bridgehead atoms. The minimum absolute atomic E-state index is 0.186. The van der Waals surface area contributed by atoms with Crippen molar-refractivity contribution in [2.75, 3.05) is 0 Å². The van der Waals surface area contributed by atoms with Crippen LogP contribution in [0, 0.1) is 13.8 Å². The average molecular weight is 228 g/mol. The lowest BCUT2D eigenvalue weighted by Crippen LogP contribution is -2.22. The first-order valence-electron chi connectivity index (χ1n) is 6.10. The van der Waals surface area contributed by atoms with Crippen molar-refractivity contribution in [1.82, 2.24) is 0 Å². The summed E-state index contributed by atoms with van der Waals surface area (Å²) in [5.41, 5.74) is 5.29. The highest BCUT2D eigenvalue weighted by atomic mass is 28.2. The predicted octanol–water partition coefficient (Wildman–Crippen LogP) is 2.79. The summed E-state index contributed by atoms with van der Waals surface area (Å²) in [5, 5.41) is 1.63. The highest BCUT2D eigenvalue weighted by molar-refractivity contribution is 6.56. The molecule has 0 amide bonds. The van der Waals surface area contributed by atoms with Crippen molar-refractivity contribution in [1.29, 1.82) is 0 Å². The predicted molar refractivity (Wildman–Crippen MR) is 75.4 cm³/mol. The zero-order valence-corrected chi connectivity index (χ0v) is 11.9. The van der Waals surface area contributed by atoms with Crippen LogP contribution in [0.4, 0.5) is 0 Å². The largest absolute Gasteiger partial charge is 0.0805 e. The van der Waals surface area contributed by atoms with E-state index in [1.807, 2.05) is 0 Å². The Balaban J connectivity index is 2.14. The fourth-order valence-electron chi connectivity index (χ4n) is 2.32. The van der Waals surface area contributed by atoms with Crippen molar-refractivity contribution >= 4 is 14.7 Å². The second kappa shape index (κ2) is 4.83. The van der Waals surface area contributed by atoms with Crippen LogP contribution in [0.2, 0.25) is 5.54 Å². The number of hydrogen-bond acceptors (Lipinski definition) is 0. The molecule has 84 valence electrons. The molecule has 0 heterocycles. The van der Waals surface area contributed by atoms with Crippen LogP contribution in [0.3, 0.4) is 0 Å². The number of rotatable bonds is 3. The normalized spacial score (nSPS) is 17.1. The number of hydrogen-bond donors (Lipinski definition) is 0. The third-order valence-corrected chi connectivity index (χ3v) is 5.90. The van der Waals surface area contributed by atoms with Gasteiger partial charge in [-0.2, -0.15) is 0 Å². The van der Waals surface area contributed by atoms with Gasteiger partial charge in [0.25, 0.3) is 0 Å². The number of aryl methyl sites for hydroxylation is 1. The molecule has 1 aromatic carbocycles. The summed E-state index contributed by atoms with van der Waals surface area (Å²) >= 11 is 0. The Bertz CT molecular complexity index is 441. The molecule has 0 saturated heterocycles. The molecule has 16 heavy (non-hydrogen) atoms. The molecular formula is C15H20Si. The Morgan fingerprint density at radius 1 is 1.25 bits per heavy atom. The van der Waals surface area contributed by atoms with Crippen molar-refractivity contribution in [3.8, 4) is 0 Å². The monoisotopic (exact) mass is 228 g/mol. The van der Waals surface area contributed by atoms with Gasteiger partial charge >= 0.3 is 0 Å². The summed E-state index contributed by atoms with van der Waals surface area (Å²) in [7, 11) is -0.186. The molecule has 0 aromatic heterocycles. The Kier molecular flexibility index (Phi) is 3.45. The molecule has 0 spiro atoms. The van der Waals surface area contributed by atoms with E-state index in [-0.39, 0.29) is 9.52 Å². The third-order valence-electron chi connectivity index (χ3n) is 3.61. The molecule has 1 atom stereocenters. The first-order chi connectivity index (χ1) is 7.68. The fourth-order valence-corrected chi connectivity index (χ4v) is 4.38. The number of allylic oxidation sites excluding steroid dienone is 4. The van der Waals surface area contributed by atoms with Crippen LogP contribution >= 0.6 is 0 Å². The number of benzene rings is 1. The van der Waals surface area contributed by atoms with Gasteiger partial charge in [-0.1, -0.05) is 54.1 Å². The summed E-state index contributed by atoms with van der Waals surface area (Å²) in [6, 6.07) is 6.74. The van der Waals surface area contributed by atoms with E-state index in [4.69, 9.17) is 0 Å². The van der Waals surface area contributed by atoms with Crippen LogP contribution in [0.1, 0.15) is 24.5 Å². The van der Waals surface area contributed by atoms with Crippen molar-refractivity contribution in [2.24, 2.45) is 0 Å². The van der Waals surface area contributed by atoms with Crippen molar-refractivity contribution in [3.63, 3.8) is 0 Å². The Morgan fingerprint density at radius 3 is 2.75 bits per heavy atom. The highest BCUT2D eigenvalue weighted by Crippen LogP contribution is 2.22. The summed E-state index contributed by atoms with van der Waals surface area (Å²) in [5.74, 6) is 0. The quantitative estimate of drug-likeness (QED) is 0.698. The topological polar surface area (TPSA) is 0 Å². The van der Waals surface area contributed by atoms with Gasteiger partial charge in [0.2, 0.25) is 0 Å². The minimum Gasteiger partial charge on any atom is -0.0805 e.